The molecule has 2 N–H and O–H groups in total. The number of amides is 3. The molecule has 128 valence electrons. The Morgan fingerprint density at radius 2 is 1.92 bits per heavy atom. The molecule has 0 aliphatic heterocycles. The van der Waals surface area contributed by atoms with Gasteiger partial charge >= 0.3 is 6.03 Å². The Labute approximate surface area is 145 Å². The van der Waals surface area contributed by atoms with E-state index in [1.54, 1.807) is 31.9 Å². The van der Waals surface area contributed by atoms with Crippen molar-refractivity contribution in [3.63, 3.8) is 0 Å². The highest BCUT2D eigenvalue weighted by Crippen LogP contribution is 2.21. The van der Waals surface area contributed by atoms with Crippen LogP contribution in [0.1, 0.15) is 29.9 Å². The van der Waals surface area contributed by atoms with E-state index in [4.69, 9.17) is 0 Å². The minimum absolute atomic E-state index is 0.196. The van der Waals surface area contributed by atoms with Crippen molar-refractivity contribution >= 4 is 28.4 Å². The van der Waals surface area contributed by atoms with Gasteiger partial charge in [0.25, 0.3) is 5.91 Å². The summed E-state index contributed by atoms with van der Waals surface area (Å²) in [5.74, 6) is -0.196. The van der Waals surface area contributed by atoms with Crippen molar-refractivity contribution in [1.29, 1.82) is 0 Å². The highest BCUT2D eigenvalue weighted by atomic mass is 32.1. The fourth-order valence-corrected chi connectivity index (χ4v) is 2.69. The maximum Gasteiger partial charge on any atom is 0.321 e. The number of hydrogen-bond donors (Lipinski definition) is 2. The summed E-state index contributed by atoms with van der Waals surface area (Å²) < 4.78 is 0. The highest BCUT2D eigenvalue weighted by Gasteiger charge is 2.21. The summed E-state index contributed by atoms with van der Waals surface area (Å²) in [6.45, 7) is 4.54. The number of urea groups is 1. The Balaban J connectivity index is 1.91. The molecule has 7 nitrogen and oxygen atoms in total. The number of rotatable bonds is 5. The van der Waals surface area contributed by atoms with Crippen molar-refractivity contribution in [2.75, 3.05) is 26.0 Å². The summed E-state index contributed by atoms with van der Waals surface area (Å²) in [6.07, 6.45) is 3.46. The average molecular weight is 347 g/mol. The van der Waals surface area contributed by atoms with E-state index in [2.05, 4.69) is 20.6 Å². The van der Waals surface area contributed by atoms with E-state index in [-0.39, 0.29) is 17.4 Å². The molecule has 0 saturated carbocycles. The maximum atomic E-state index is 12.0. The summed E-state index contributed by atoms with van der Waals surface area (Å²) in [5, 5.41) is 7.50. The van der Waals surface area contributed by atoms with E-state index in [1.165, 1.54) is 16.2 Å². The van der Waals surface area contributed by atoms with Gasteiger partial charge in [0, 0.05) is 43.8 Å². The Hall–Kier alpha value is -2.48. The summed E-state index contributed by atoms with van der Waals surface area (Å²) in [5.41, 5.74) is 1.18. The summed E-state index contributed by atoms with van der Waals surface area (Å²) in [4.78, 5) is 33.4. The number of carbonyl (C=O) groups is 2. The molecule has 2 rings (SSSR count). The van der Waals surface area contributed by atoms with Crippen LogP contribution >= 0.6 is 11.3 Å². The number of thiazole rings is 1. The zero-order valence-corrected chi connectivity index (χ0v) is 15.0. The van der Waals surface area contributed by atoms with Crippen LogP contribution in [0.25, 0.3) is 0 Å². The number of nitrogens with zero attached hydrogens (tertiary/aromatic N) is 3. The maximum absolute atomic E-state index is 12.0. The van der Waals surface area contributed by atoms with Gasteiger partial charge in [0.2, 0.25) is 0 Å². The molecule has 24 heavy (non-hydrogen) atoms. The van der Waals surface area contributed by atoms with Gasteiger partial charge in [-0.05, 0) is 17.7 Å². The molecule has 0 unspecified atom stereocenters. The summed E-state index contributed by atoms with van der Waals surface area (Å²) >= 11 is 1.21. The second-order valence-corrected chi connectivity index (χ2v) is 7.02. The third-order valence-electron chi connectivity index (χ3n) is 3.50. The van der Waals surface area contributed by atoms with Crippen molar-refractivity contribution in [3.8, 4) is 0 Å². The third kappa shape index (κ3) is 4.51. The molecular formula is C16H21N5O2S. The number of nitrogens with one attached hydrogen (secondary N) is 2. The molecule has 2 heterocycles. The van der Waals surface area contributed by atoms with Crippen molar-refractivity contribution < 1.29 is 9.59 Å². The molecule has 3 amide bonds. The van der Waals surface area contributed by atoms with Crippen molar-refractivity contribution in [3.05, 3.63) is 41.2 Å². The number of anilines is 1. The Kier molecular flexibility index (Phi) is 5.50. The van der Waals surface area contributed by atoms with Crippen LogP contribution in [-0.2, 0) is 5.41 Å². The first-order valence-electron chi connectivity index (χ1n) is 7.42. The van der Waals surface area contributed by atoms with Crippen LogP contribution in [0, 0.1) is 0 Å². The smallest absolute Gasteiger partial charge is 0.321 e. The molecule has 0 saturated heterocycles. The third-order valence-corrected chi connectivity index (χ3v) is 4.26. The minimum atomic E-state index is -0.352. The first-order chi connectivity index (χ1) is 11.3. The first-order valence-corrected chi connectivity index (χ1v) is 8.30. The number of pyridine rings is 1. The zero-order chi connectivity index (χ0) is 17.7. The van der Waals surface area contributed by atoms with Crippen molar-refractivity contribution in [1.82, 2.24) is 20.2 Å². The van der Waals surface area contributed by atoms with E-state index in [1.807, 2.05) is 26.0 Å². The van der Waals surface area contributed by atoms with Crippen molar-refractivity contribution in [2.24, 2.45) is 0 Å². The average Bonchev–Trinajstić information content (AvgIpc) is 3.01. The second kappa shape index (κ2) is 7.39. The van der Waals surface area contributed by atoms with E-state index < -0.39 is 0 Å². The molecule has 0 aromatic carbocycles. The lowest BCUT2D eigenvalue weighted by atomic mass is 9.85. The lowest BCUT2D eigenvalue weighted by molar-refractivity contribution is 0.0823. The fraction of sp³-hybridized carbons (Fsp3) is 0.375. The predicted octanol–water partition coefficient (Wildman–Crippen LogP) is 2.34. The van der Waals surface area contributed by atoms with Gasteiger partial charge in [0.1, 0.15) is 5.69 Å². The van der Waals surface area contributed by atoms with Crippen LogP contribution in [0.5, 0.6) is 0 Å². The molecular weight excluding hydrogens is 326 g/mol. The van der Waals surface area contributed by atoms with E-state index in [9.17, 15) is 9.59 Å². The van der Waals surface area contributed by atoms with Crippen LogP contribution < -0.4 is 10.6 Å². The zero-order valence-electron chi connectivity index (χ0n) is 14.2. The number of carbonyl (C=O) groups excluding carboxylic acids is 2. The molecule has 0 spiro atoms. The molecule has 0 radical (unpaired) electrons. The van der Waals surface area contributed by atoms with Gasteiger partial charge in [-0.1, -0.05) is 13.8 Å². The molecule has 0 atom stereocenters. The Morgan fingerprint density at radius 3 is 2.54 bits per heavy atom. The normalized spacial score (nSPS) is 11.0. The summed E-state index contributed by atoms with van der Waals surface area (Å²) in [6, 6.07) is 3.51. The predicted molar refractivity (Wildman–Crippen MR) is 94.4 cm³/mol. The van der Waals surface area contributed by atoms with Gasteiger partial charge in [-0.25, -0.2) is 9.78 Å². The van der Waals surface area contributed by atoms with Crippen LogP contribution in [0.3, 0.4) is 0 Å². The lowest BCUT2D eigenvalue weighted by Crippen LogP contribution is -2.39. The van der Waals surface area contributed by atoms with E-state index in [0.29, 0.717) is 17.4 Å². The second-order valence-electron chi connectivity index (χ2n) is 6.16. The van der Waals surface area contributed by atoms with Gasteiger partial charge in [0.15, 0.2) is 5.13 Å². The van der Waals surface area contributed by atoms with Gasteiger partial charge < -0.3 is 10.2 Å². The lowest BCUT2D eigenvalue weighted by Gasteiger charge is -2.25. The standard InChI is InChI=1S/C16H21N5O2S/c1-16(2,11-5-7-17-8-6-11)10-18-14(23)20-15-19-12(9-24-15)13(22)21(3)4/h5-9H,10H2,1-4H3,(H2,18,19,20,23). The van der Waals surface area contributed by atoms with Gasteiger partial charge in [-0.3, -0.25) is 15.1 Å². The van der Waals surface area contributed by atoms with Crippen molar-refractivity contribution in [2.45, 2.75) is 19.3 Å². The monoisotopic (exact) mass is 347 g/mol. The topological polar surface area (TPSA) is 87.2 Å². The Morgan fingerprint density at radius 1 is 1.25 bits per heavy atom. The Bertz CT molecular complexity index is 712. The molecule has 8 heteroatoms. The minimum Gasteiger partial charge on any atom is -0.343 e. The van der Waals surface area contributed by atoms with Gasteiger partial charge in [-0.15, -0.1) is 11.3 Å². The fourth-order valence-electron chi connectivity index (χ4n) is 2.01. The first kappa shape index (κ1) is 17.9. The largest absolute Gasteiger partial charge is 0.343 e. The van der Waals surface area contributed by atoms with E-state index in [0.717, 1.165) is 5.56 Å². The number of hydrogen-bond acceptors (Lipinski definition) is 5. The van der Waals surface area contributed by atoms with Crippen LogP contribution in [0.2, 0.25) is 0 Å². The van der Waals surface area contributed by atoms with Crippen LogP contribution in [-0.4, -0.2) is 47.4 Å². The SMILES string of the molecule is CN(C)C(=O)c1csc(NC(=O)NCC(C)(C)c2ccncc2)n1. The molecule has 0 fully saturated rings. The van der Waals surface area contributed by atoms with E-state index >= 15 is 0 Å². The number of aromatic nitrogens is 2. The quantitative estimate of drug-likeness (QED) is 0.869. The van der Waals surface area contributed by atoms with Gasteiger partial charge in [-0.2, -0.15) is 0 Å². The molecule has 0 aliphatic rings. The molecule has 0 aliphatic carbocycles. The van der Waals surface area contributed by atoms with Crippen LogP contribution in [0.15, 0.2) is 29.9 Å². The summed E-state index contributed by atoms with van der Waals surface area (Å²) in [7, 11) is 3.31. The van der Waals surface area contributed by atoms with Gasteiger partial charge in [0.05, 0.1) is 0 Å². The molecule has 0 bridgehead atoms. The molecule has 2 aromatic heterocycles. The van der Waals surface area contributed by atoms with Crippen LogP contribution in [0.4, 0.5) is 9.93 Å². The molecule has 2 aromatic rings. The highest BCUT2D eigenvalue weighted by molar-refractivity contribution is 7.14.